The lowest BCUT2D eigenvalue weighted by Gasteiger charge is -2.22. The van der Waals surface area contributed by atoms with Crippen LogP contribution in [-0.4, -0.2) is 41.2 Å². The molecule has 232 valence electrons. The van der Waals surface area contributed by atoms with Gasteiger partial charge in [-0.1, -0.05) is 17.4 Å². The molecule has 0 saturated carbocycles. The van der Waals surface area contributed by atoms with Crippen molar-refractivity contribution < 1.29 is 33.3 Å². The van der Waals surface area contributed by atoms with Crippen LogP contribution >= 0.6 is 11.3 Å². The lowest BCUT2D eigenvalue weighted by Crippen LogP contribution is -2.39. The van der Waals surface area contributed by atoms with E-state index in [9.17, 15) is 29.8 Å². The predicted octanol–water partition coefficient (Wildman–Crippen LogP) is 4.20. The number of aromatic nitrogens is 1. The third-order valence-electron chi connectivity index (χ3n) is 7.13. The number of esters is 1. The molecule has 0 bridgehead atoms. The Morgan fingerprint density at radius 2 is 1.80 bits per heavy atom. The molecular formula is C30H26N4O10S. The molecule has 0 unspecified atom stereocenters. The van der Waals surface area contributed by atoms with Crippen molar-refractivity contribution in [2.24, 2.45) is 4.99 Å². The maximum atomic E-state index is 14.0. The van der Waals surface area contributed by atoms with Crippen molar-refractivity contribution in [3.05, 3.63) is 111 Å². The molecule has 15 heteroatoms. The van der Waals surface area contributed by atoms with Gasteiger partial charge in [0.05, 0.1) is 46.5 Å². The van der Waals surface area contributed by atoms with Crippen LogP contribution in [0.4, 0.5) is 11.4 Å². The number of nitro groups is 2. The number of furan rings is 1. The smallest absolute Gasteiger partial charge is 0.338 e. The van der Waals surface area contributed by atoms with Crippen molar-refractivity contribution in [2.75, 3.05) is 20.8 Å². The lowest BCUT2D eigenvalue weighted by atomic mass is 10.0. The summed E-state index contributed by atoms with van der Waals surface area (Å²) in [5, 5.41) is 23.1. The van der Waals surface area contributed by atoms with Crippen LogP contribution in [0.3, 0.4) is 0 Å². The summed E-state index contributed by atoms with van der Waals surface area (Å²) in [6.45, 7) is 5.10. The van der Waals surface area contributed by atoms with E-state index >= 15 is 0 Å². The zero-order chi connectivity index (χ0) is 32.6. The molecule has 0 N–H and O–H groups in total. The quantitative estimate of drug-likeness (QED) is 0.147. The molecule has 2 aromatic heterocycles. The van der Waals surface area contributed by atoms with Gasteiger partial charge in [0.15, 0.2) is 4.80 Å². The second-order valence-electron chi connectivity index (χ2n) is 9.78. The number of nitro benzene ring substituents is 2. The number of rotatable bonds is 9. The fourth-order valence-corrected chi connectivity index (χ4v) is 6.03. The number of hydrogen-bond donors (Lipinski definition) is 0. The number of allylic oxidation sites excluding steroid dienone is 1. The summed E-state index contributed by atoms with van der Waals surface area (Å²) in [5.74, 6) is -0.000925. The molecule has 0 spiro atoms. The van der Waals surface area contributed by atoms with Gasteiger partial charge in [-0.05, 0) is 44.5 Å². The summed E-state index contributed by atoms with van der Waals surface area (Å²) in [6, 6.07) is 9.07. The molecule has 0 aliphatic carbocycles. The Morgan fingerprint density at radius 1 is 1.07 bits per heavy atom. The maximum Gasteiger partial charge on any atom is 0.338 e. The number of methoxy groups -OCH3 is 2. The summed E-state index contributed by atoms with van der Waals surface area (Å²) < 4.78 is 23.5. The van der Waals surface area contributed by atoms with E-state index in [1.54, 1.807) is 39.0 Å². The topological polar surface area (TPSA) is 179 Å². The minimum absolute atomic E-state index is 0.0160. The van der Waals surface area contributed by atoms with E-state index in [0.717, 1.165) is 11.3 Å². The van der Waals surface area contributed by atoms with Gasteiger partial charge < -0.3 is 18.6 Å². The average molecular weight is 635 g/mol. The minimum atomic E-state index is -1.10. The normalized spacial score (nSPS) is 14.5. The van der Waals surface area contributed by atoms with Crippen molar-refractivity contribution in [3.63, 3.8) is 0 Å². The van der Waals surface area contributed by atoms with Crippen LogP contribution in [0.5, 0.6) is 11.5 Å². The summed E-state index contributed by atoms with van der Waals surface area (Å²) in [7, 11) is 2.68. The Morgan fingerprint density at radius 3 is 2.44 bits per heavy atom. The maximum absolute atomic E-state index is 14.0. The number of carbonyl (C=O) groups excluding carboxylic acids is 1. The number of ether oxygens (including phenoxy) is 3. The van der Waals surface area contributed by atoms with Gasteiger partial charge in [-0.2, -0.15) is 0 Å². The fourth-order valence-electron chi connectivity index (χ4n) is 5.00. The second kappa shape index (κ2) is 12.2. The van der Waals surface area contributed by atoms with Gasteiger partial charge in [-0.3, -0.25) is 29.6 Å². The van der Waals surface area contributed by atoms with Crippen molar-refractivity contribution in [3.8, 4) is 22.8 Å². The molecule has 0 fully saturated rings. The van der Waals surface area contributed by atoms with Crippen LogP contribution in [-0.2, 0) is 9.53 Å². The van der Waals surface area contributed by atoms with Crippen molar-refractivity contribution in [1.29, 1.82) is 0 Å². The Balaban J connectivity index is 1.72. The van der Waals surface area contributed by atoms with Crippen LogP contribution in [0.2, 0.25) is 0 Å². The Kier molecular flexibility index (Phi) is 8.37. The van der Waals surface area contributed by atoms with Gasteiger partial charge in [0.25, 0.3) is 11.2 Å². The van der Waals surface area contributed by atoms with Gasteiger partial charge in [0, 0.05) is 35.4 Å². The van der Waals surface area contributed by atoms with E-state index in [2.05, 4.69) is 4.99 Å². The fraction of sp³-hybridized carbons (Fsp3) is 0.233. The van der Waals surface area contributed by atoms with Gasteiger partial charge in [0.1, 0.15) is 23.3 Å². The molecule has 1 aliphatic rings. The molecule has 0 radical (unpaired) electrons. The van der Waals surface area contributed by atoms with Crippen molar-refractivity contribution in [1.82, 2.24) is 4.57 Å². The number of benzene rings is 2. The third kappa shape index (κ3) is 5.60. The van der Waals surface area contributed by atoms with Crippen molar-refractivity contribution in [2.45, 2.75) is 26.8 Å². The molecule has 3 heterocycles. The highest BCUT2D eigenvalue weighted by atomic mass is 32.1. The highest BCUT2D eigenvalue weighted by Crippen LogP contribution is 2.37. The highest BCUT2D eigenvalue weighted by molar-refractivity contribution is 7.07. The number of aryl methyl sites for hydroxylation is 1. The number of non-ortho nitro benzene ring substituents is 1. The zero-order valence-electron chi connectivity index (χ0n) is 24.7. The SMILES string of the molecule is CCOC(=O)C1=C(C)N=c2s/c(=C\c3cc([N+](=O)[O-])c(OC)cc3OC)c(=O)n2[C@@H]1c1ccc(-c2cc([N+](=O)[O-])ccc2C)o1. The summed E-state index contributed by atoms with van der Waals surface area (Å²) in [4.78, 5) is 54.0. The Labute approximate surface area is 258 Å². The number of fused-ring (bicyclic) bond motifs is 1. The average Bonchev–Trinajstić information content (AvgIpc) is 3.61. The van der Waals surface area contributed by atoms with Gasteiger partial charge in [0.2, 0.25) is 5.75 Å². The molecule has 14 nitrogen and oxygen atoms in total. The van der Waals surface area contributed by atoms with E-state index in [4.69, 9.17) is 18.6 Å². The number of carbonyl (C=O) groups is 1. The van der Waals surface area contributed by atoms with Crippen LogP contribution in [0.15, 0.2) is 67.9 Å². The van der Waals surface area contributed by atoms with Crippen LogP contribution in [0.1, 0.15) is 36.8 Å². The number of hydrogen-bond acceptors (Lipinski definition) is 12. The van der Waals surface area contributed by atoms with E-state index in [0.29, 0.717) is 22.6 Å². The van der Waals surface area contributed by atoms with E-state index in [-0.39, 0.29) is 55.7 Å². The second-order valence-corrected chi connectivity index (χ2v) is 10.8. The van der Waals surface area contributed by atoms with Crippen LogP contribution in [0.25, 0.3) is 17.4 Å². The summed E-state index contributed by atoms with van der Waals surface area (Å²) in [6.07, 6.45) is 1.44. The standard InChI is InChI=1S/C30H26N4O10S/c1-6-43-29(36)26-16(3)31-30-32(27(26)22-10-9-21(44-22)19-13-18(33(37)38)8-7-15(19)2)28(35)25(45-30)12-17-11-20(34(39)40)24(42-5)14-23(17)41-4/h7-14,27H,6H2,1-5H3/b25-12-/t27-/m1/s1. The molecule has 2 aromatic carbocycles. The first-order valence-corrected chi connectivity index (χ1v) is 14.3. The minimum Gasteiger partial charge on any atom is -0.496 e. The van der Waals surface area contributed by atoms with E-state index < -0.39 is 27.4 Å². The molecule has 0 saturated heterocycles. The first-order chi connectivity index (χ1) is 21.5. The molecular weight excluding hydrogens is 608 g/mol. The van der Waals surface area contributed by atoms with E-state index in [1.807, 2.05) is 0 Å². The highest BCUT2D eigenvalue weighted by Gasteiger charge is 2.36. The Bertz CT molecular complexity index is 2090. The van der Waals surface area contributed by atoms with Gasteiger partial charge in [-0.25, -0.2) is 9.79 Å². The first-order valence-electron chi connectivity index (χ1n) is 13.4. The zero-order valence-corrected chi connectivity index (χ0v) is 25.5. The number of nitrogens with zero attached hydrogens (tertiary/aromatic N) is 4. The van der Waals surface area contributed by atoms with Crippen LogP contribution < -0.4 is 24.4 Å². The predicted molar refractivity (Wildman–Crippen MR) is 162 cm³/mol. The first kappa shape index (κ1) is 30.9. The van der Waals surface area contributed by atoms with Gasteiger partial charge >= 0.3 is 11.7 Å². The number of thiazole rings is 1. The molecule has 4 aromatic rings. The Hall–Kier alpha value is -5.57. The van der Waals surface area contributed by atoms with Crippen molar-refractivity contribution >= 4 is 34.8 Å². The third-order valence-corrected chi connectivity index (χ3v) is 8.11. The lowest BCUT2D eigenvalue weighted by molar-refractivity contribution is -0.385. The molecule has 1 aliphatic heterocycles. The molecule has 45 heavy (non-hydrogen) atoms. The monoisotopic (exact) mass is 634 g/mol. The molecule has 1 atom stereocenters. The van der Waals surface area contributed by atoms with Gasteiger partial charge in [-0.15, -0.1) is 0 Å². The summed E-state index contributed by atoms with van der Waals surface area (Å²) >= 11 is 1.01. The largest absolute Gasteiger partial charge is 0.496 e. The molecule has 0 amide bonds. The van der Waals surface area contributed by atoms with E-state index in [1.165, 1.54) is 49.1 Å². The molecule has 5 rings (SSSR count). The van der Waals surface area contributed by atoms with Crippen LogP contribution in [0, 0.1) is 27.2 Å². The summed E-state index contributed by atoms with van der Waals surface area (Å²) in [5.41, 5.74) is 0.796.